The zero-order chi connectivity index (χ0) is 19.4. The van der Waals surface area contributed by atoms with Crippen LogP contribution in [0, 0.1) is 10.1 Å². The predicted molar refractivity (Wildman–Crippen MR) is 108 cm³/mol. The van der Waals surface area contributed by atoms with E-state index in [1.807, 2.05) is 6.07 Å². The van der Waals surface area contributed by atoms with Crippen molar-refractivity contribution in [2.45, 2.75) is 0 Å². The molecule has 0 aliphatic carbocycles. The topological polar surface area (TPSA) is 92.5 Å². The fourth-order valence-electron chi connectivity index (χ4n) is 2.35. The third-order valence-electron chi connectivity index (χ3n) is 3.63. The number of non-ortho nitro benzene ring substituents is 1. The Bertz CT molecular complexity index is 943. The Balaban J connectivity index is 1.69. The normalized spacial score (nSPS) is 15.3. The molecule has 2 amide bonds. The van der Waals surface area contributed by atoms with Gasteiger partial charge in [-0.2, -0.15) is 0 Å². The second-order valence-corrected chi connectivity index (χ2v) is 7.21. The van der Waals surface area contributed by atoms with Gasteiger partial charge in [-0.05, 0) is 35.9 Å². The summed E-state index contributed by atoms with van der Waals surface area (Å²) in [5.41, 5.74) is 1.24. The number of anilines is 1. The van der Waals surface area contributed by atoms with Crippen LogP contribution in [0.15, 0.2) is 59.5 Å². The first kappa shape index (κ1) is 18.7. The molecule has 0 unspecified atom stereocenters. The Morgan fingerprint density at radius 1 is 1.19 bits per heavy atom. The van der Waals surface area contributed by atoms with Crippen molar-refractivity contribution in [2.75, 3.05) is 11.9 Å². The monoisotopic (exact) mass is 399 g/mol. The van der Waals surface area contributed by atoms with Gasteiger partial charge in [-0.3, -0.25) is 24.6 Å². The fourth-order valence-corrected chi connectivity index (χ4v) is 3.60. The first-order valence-electron chi connectivity index (χ1n) is 7.79. The van der Waals surface area contributed by atoms with Crippen molar-refractivity contribution < 1.29 is 14.5 Å². The van der Waals surface area contributed by atoms with E-state index < -0.39 is 4.92 Å². The molecule has 1 aliphatic rings. The molecule has 0 aromatic heterocycles. The summed E-state index contributed by atoms with van der Waals surface area (Å²) in [5.74, 6) is -0.722. The van der Waals surface area contributed by atoms with E-state index in [0.717, 1.165) is 11.8 Å². The van der Waals surface area contributed by atoms with E-state index in [1.165, 1.54) is 17.0 Å². The summed E-state index contributed by atoms with van der Waals surface area (Å²) in [5, 5.41) is 13.4. The maximum absolute atomic E-state index is 12.5. The highest BCUT2D eigenvalue weighted by atomic mass is 32.2. The summed E-state index contributed by atoms with van der Waals surface area (Å²) in [4.78, 5) is 36.5. The summed E-state index contributed by atoms with van der Waals surface area (Å²) in [6.07, 6.45) is 1.60. The Morgan fingerprint density at radius 3 is 2.48 bits per heavy atom. The van der Waals surface area contributed by atoms with E-state index >= 15 is 0 Å². The summed E-state index contributed by atoms with van der Waals surface area (Å²) in [7, 11) is 0. The van der Waals surface area contributed by atoms with Gasteiger partial charge in [0.05, 0.1) is 9.83 Å². The molecule has 7 nitrogen and oxygen atoms in total. The molecule has 3 rings (SSSR count). The number of nitrogens with zero attached hydrogens (tertiary/aromatic N) is 2. The van der Waals surface area contributed by atoms with Crippen LogP contribution in [0.4, 0.5) is 11.4 Å². The van der Waals surface area contributed by atoms with Gasteiger partial charge in [0.1, 0.15) is 10.9 Å². The second kappa shape index (κ2) is 8.11. The molecule has 1 saturated heterocycles. The number of amides is 2. The average molecular weight is 399 g/mol. The average Bonchev–Trinajstić information content (AvgIpc) is 2.90. The van der Waals surface area contributed by atoms with Crippen LogP contribution in [-0.4, -0.2) is 32.5 Å². The van der Waals surface area contributed by atoms with Gasteiger partial charge in [-0.1, -0.05) is 42.2 Å². The van der Waals surface area contributed by atoms with Crippen LogP contribution >= 0.6 is 24.0 Å². The molecule has 1 fully saturated rings. The number of nitro groups is 1. The fraction of sp³-hybridized carbons (Fsp3) is 0.0556. The maximum atomic E-state index is 12.5. The van der Waals surface area contributed by atoms with Gasteiger partial charge in [0.25, 0.3) is 11.6 Å². The number of thioether (sulfide) groups is 1. The molecule has 1 aliphatic heterocycles. The molecule has 0 radical (unpaired) electrons. The van der Waals surface area contributed by atoms with Gasteiger partial charge in [0.2, 0.25) is 5.91 Å². The molecular formula is C18H13N3O4S2. The maximum Gasteiger partial charge on any atom is 0.269 e. The first-order valence-corrected chi connectivity index (χ1v) is 9.01. The molecule has 0 spiro atoms. The third-order valence-corrected chi connectivity index (χ3v) is 5.01. The summed E-state index contributed by atoms with van der Waals surface area (Å²) in [6.45, 7) is -0.183. The number of benzene rings is 2. The number of carbonyl (C=O) groups excluding carboxylic acids is 2. The molecule has 0 atom stereocenters. The van der Waals surface area contributed by atoms with Crippen LogP contribution in [0.1, 0.15) is 5.56 Å². The van der Waals surface area contributed by atoms with Crippen LogP contribution < -0.4 is 5.32 Å². The van der Waals surface area contributed by atoms with Gasteiger partial charge in [-0.25, -0.2) is 0 Å². The molecule has 1 N–H and O–H groups in total. The van der Waals surface area contributed by atoms with Crippen molar-refractivity contribution >= 4 is 57.6 Å². The lowest BCUT2D eigenvalue weighted by molar-refractivity contribution is -0.384. The number of carbonyl (C=O) groups is 2. The number of rotatable bonds is 5. The molecule has 0 saturated carbocycles. The molecular weight excluding hydrogens is 386 g/mol. The third kappa shape index (κ3) is 4.57. The van der Waals surface area contributed by atoms with E-state index in [-0.39, 0.29) is 28.4 Å². The van der Waals surface area contributed by atoms with Crippen LogP contribution in [0.5, 0.6) is 0 Å². The standard InChI is InChI=1S/C18H13N3O4S2/c22-16(19-13-4-2-1-3-5-13)11-20-17(23)15(27-18(20)26)10-12-6-8-14(9-7-12)21(24)25/h1-10H,11H2,(H,19,22)/b15-10+. The number of hydrogen-bond donors (Lipinski definition) is 1. The number of thiocarbonyl (C=S) groups is 1. The quantitative estimate of drug-likeness (QED) is 0.358. The van der Waals surface area contributed by atoms with E-state index in [1.54, 1.807) is 42.5 Å². The Hall–Kier alpha value is -3.04. The molecule has 1 heterocycles. The van der Waals surface area contributed by atoms with Gasteiger partial charge >= 0.3 is 0 Å². The zero-order valence-electron chi connectivity index (χ0n) is 13.8. The first-order chi connectivity index (χ1) is 12.9. The Kier molecular flexibility index (Phi) is 5.63. The lowest BCUT2D eigenvalue weighted by atomic mass is 10.2. The minimum absolute atomic E-state index is 0.0303. The Labute approximate surface area is 164 Å². The van der Waals surface area contributed by atoms with E-state index in [4.69, 9.17) is 12.2 Å². The van der Waals surface area contributed by atoms with Crippen LogP contribution in [0.25, 0.3) is 6.08 Å². The van der Waals surface area contributed by atoms with Crippen LogP contribution in [-0.2, 0) is 9.59 Å². The zero-order valence-corrected chi connectivity index (χ0v) is 15.5. The SMILES string of the molecule is O=C(CN1C(=O)/C(=C\c2ccc([N+](=O)[O-])cc2)SC1=S)Nc1ccccc1. The van der Waals surface area contributed by atoms with Crippen molar-refractivity contribution in [2.24, 2.45) is 0 Å². The van der Waals surface area contributed by atoms with E-state index in [0.29, 0.717) is 16.2 Å². The largest absolute Gasteiger partial charge is 0.325 e. The highest BCUT2D eigenvalue weighted by Crippen LogP contribution is 2.32. The van der Waals surface area contributed by atoms with Crippen LogP contribution in [0.2, 0.25) is 0 Å². The predicted octanol–water partition coefficient (Wildman–Crippen LogP) is 3.43. The van der Waals surface area contributed by atoms with Crippen molar-refractivity contribution in [1.29, 1.82) is 0 Å². The van der Waals surface area contributed by atoms with Crippen molar-refractivity contribution in [1.82, 2.24) is 4.90 Å². The Morgan fingerprint density at radius 2 is 1.85 bits per heavy atom. The number of hydrogen-bond acceptors (Lipinski definition) is 6. The summed E-state index contributed by atoms with van der Waals surface area (Å²) >= 11 is 6.30. The summed E-state index contributed by atoms with van der Waals surface area (Å²) < 4.78 is 0.288. The number of nitro benzene ring substituents is 1. The highest BCUT2D eigenvalue weighted by molar-refractivity contribution is 8.26. The van der Waals surface area contributed by atoms with Crippen molar-refractivity contribution in [3.05, 3.63) is 75.2 Å². The summed E-state index contributed by atoms with van der Waals surface area (Å²) in [6, 6.07) is 14.7. The molecule has 2 aromatic rings. The number of nitrogens with one attached hydrogen (secondary N) is 1. The van der Waals surface area contributed by atoms with Crippen molar-refractivity contribution in [3.63, 3.8) is 0 Å². The minimum atomic E-state index is -0.491. The number of para-hydroxylation sites is 1. The minimum Gasteiger partial charge on any atom is -0.325 e. The van der Waals surface area contributed by atoms with E-state index in [9.17, 15) is 19.7 Å². The lowest BCUT2D eigenvalue weighted by Crippen LogP contribution is -2.36. The van der Waals surface area contributed by atoms with Crippen molar-refractivity contribution in [3.8, 4) is 0 Å². The van der Waals surface area contributed by atoms with E-state index in [2.05, 4.69) is 5.32 Å². The molecule has 2 aromatic carbocycles. The highest BCUT2D eigenvalue weighted by Gasteiger charge is 2.33. The molecule has 136 valence electrons. The van der Waals surface area contributed by atoms with Gasteiger partial charge in [0.15, 0.2) is 0 Å². The molecule has 9 heteroatoms. The van der Waals surface area contributed by atoms with Gasteiger partial charge < -0.3 is 5.32 Å². The van der Waals surface area contributed by atoms with Gasteiger partial charge in [0, 0.05) is 17.8 Å². The smallest absolute Gasteiger partial charge is 0.269 e. The van der Waals surface area contributed by atoms with Gasteiger partial charge in [-0.15, -0.1) is 0 Å². The second-order valence-electron chi connectivity index (χ2n) is 5.53. The lowest BCUT2D eigenvalue weighted by Gasteiger charge is -2.14. The van der Waals surface area contributed by atoms with Crippen LogP contribution in [0.3, 0.4) is 0 Å². The molecule has 0 bridgehead atoms. The molecule has 27 heavy (non-hydrogen) atoms.